The molecule has 1 atom stereocenters. The summed E-state index contributed by atoms with van der Waals surface area (Å²) in [6.45, 7) is 7.60. The van der Waals surface area contributed by atoms with Crippen LogP contribution in [0, 0.1) is 13.8 Å². The number of hydrogen-bond donors (Lipinski definition) is 1. The van der Waals surface area contributed by atoms with Crippen LogP contribution in [0.25, 0.3) is 0 Å². The van der Waals surface area contributed by atoms with E-state index in [1.54, 1.807) is 24.3 Å². The van der Waals surface area contributed by atoms with Crippen LogP contribution in [0.3, 0.4) is 0 Å². The van der Waals surface area contributed by atoms with Crippen LogP contribution in [0.1, 0.15) is 46.8 Å². The third kappa shape index (κ3) is 5.72. The average Bonchev–Trinajstić information content (AvgIpc) is 3.10. The second-order valence-electron chi connectivity index (χ2n) is 7.20. The van der Waals surface area contributed by atoms with E-state index < -0.39 is 18.0 Å². The molecule has 0 aliphatic heterocycles. The number of aryl methyl sites for hydroxylation is 3. The molecule has 0 aliphatic rings. The highest BCUT2D eigenvalue weighted by atomic mass is 16.5. The largest absolute Gasteiger partial charge is 0.489 e. The molecule has 162 valence electrons. The molecule has 1 heterocycles. The highest BCUT2D eigenvalue weighted by Gasteiger charge is 2.19. The van der Waals surface area contributed by atoms with Gasteiger partial charge in [0.15, 0.2) is 6.10 Å². The number of rotatable bonds is 8. The Kier molecular flexibility index (Phi) is 7.07. The fourth-order valence-electron chi connectivity index (χ4n) is 2.90. The van der Waals surface area contributed by atoms with E-state index in [0.29, 0.717) is 29.4 Å². The van der Waals surface area contributed by atoms with E-state index in [2.05, 4.69) is 17.4 Å². The molecule has 1 amide bonds. The summed E-state index contributed by atoms with van der Waals surface area (Å²) in [5, 5.41) is 6.64. The number of aromatic nitrogens is 1. The summed E-state index contributed by atoms with van der Waals surface area (Å²) in [5.41, 5.74) is 3.84. The minimum absolute atomic E-state index is 0.321. The number of carbonyl (C=O) groups excluding carboxylic acids is 2. The van der Waals surface area contributed by atoms with E-state index >= 15 is 0 Å². The molecule has 3 aromatic rings. The van der Waals surface area contributed by atoms with Gasteiger partial charge in [-0.1, -0.05) is 24.2 Å². The summed E-state index contributed by atoms with van der Waals surface area (Å²) < 4.78 is 16.1. The Morgan fingerprint density at radius 3 is 2.32 bits per heavy atom. The normalized spacial score (nSPS) is 11.6. The molecule has 0 bridgehead atoms. The minimum atomic E-state index is -0.936. The fourth-order valence-corrected chi connectivity index (χ4v) is 2.90. The predicted molar refractivity (Wildman–Crippen MR) is 116 cm³/mol. The van der Waals surface area contributed by atoms with Crippen LogP contribution in [0.2, 0.25) is 0 Å². The Hall–Kier alpha value is -3.61. The Labute approximate surface area is 181 Å². The van der Waals surface area contributed by atoms with Crippen molar-refractivity contribution in [2.24, 2.45) is 0 Å². The number of nitrogens with zero attached hydrogens (tertiary/aromatic N) is 1. The van der Waals surface area contributed by atoms with Crippen molar-refractivity contribution in [1.29, 1.82) is 0 Å². The summed E-state index contributed by atoms with van der Waals surface area (Å²) in [5.74, 6) is 0.336. The lowest BCUT2D eigenvalue weighted by atomic mass is 10.1. The van der Waals surface area contributed by atoms with Gasteiger partial charge in [-0.2, -0.15) is 0 Å². The zero-order valence-electron chi connectivity index (χ0n) is 18.1. The van der Waals surface area contributed by atoms with E-state index in [4.69, 9.17) is 14.0 Å². The molecular weight excluding hydrogens is 396 g/mol. The van der Waals surface area contributed by atoms with Crippen molar-refractivity contribution < 1.29 is 23.6 Å². The number of benzene rings is 2. The summed E-state index contributed by atoms with van der Waals surface area (Å²) in [7, 11) is 0. The smallest absolute Gasteiger partial charge is 0.338 e. The van der Waals surface area contributed by atoms with Crippen LogP contribution < -0.4 is 10.1 Å². The number of hydrogen-bond acceptors (Lipinski definition) is 6. The van der Waals surface area contributed by atoms with Crippen molar-refractivity contribution in [2.45, 2.75) is 46.8 Å². The van der Waals surface area contributed by atoms with Crippen molar-refractivity contribution in [3.8, 4) is 5.75 Å². The monoisotopic (exact) mass is 422 g/mol. The first-order valence-corrected chi connectivity index (χ1v) is 10.1. The Morgan fingerprint density at radius 1 is 1.06 bits per heavy atom. The average molecular weight is 422 g/mol. The zero-order chi connectivity index (χ0) is 22.4. The van der Waals surface area contributed by atoms with Gasteiger partial charge in [0.1, 0.15) is 18.1 Å². The molecule has 2 aromatic carbocycles. The number of anilines is 1. The van der Waals surface area contributed by atoms with Crippen LogP contribution in [0.4, 0.5) is 5.69 Å². The maximum atomic E-state index is 12.4. The molecule has 3 rings (SSSR count). The molecule has 0 spiro atoms. The summed E-state index contributed by atoms with van der Waals surface area (Å²) >= 11 is 0. The standard InChI is InChI=1S/C24H26N2O5/c1-5-18-6-10-20(11-7-18)25-23(27)17(4)30-24(28)19-8-12-21(13-9-19)29-14-22-15(2)26-31-16(22)3/h6-13,17H,5,14H2,1-4H3,(H,25,27)/t17-/m1/s1. The maximum Gasteiger partial charge on any atom is 0.338 e. The van der Waals surface area contributed by atoms with Gasteiger partial charge in [0.05, 0.1) is 16.8 Å². The topological polar surface area (TPSA) is 90.7 Å². The second kappa shape index (κ2) is 9.93. The number of ether oxygens (including phenoxy) is 2. The Bertz CT molecular complexity index is 1020. The van der Waals surface area contributed by atoms with Gasteiger partial charge in [0.2, 0.25) is 0 Å². The SMILES string of the molecule is CCc1ccc(NC(=O)[C@@H](C)OC(=O)c2ccc(OCc3c(C)noc3C)cc2)cc1. The van der Waals surface area contributed by atoms with Gasteiger partial charge in [-0.15, -0.1) is 0 Å². The van der Waals surface area contributed by atoms with Crippen LogP contribution in [0.5, 0.6) is 5.75 Å². The van der Waals surface area contributed by atoms with Gasteiger partial charge in [0.25, 0.3) is 5.91 Å². The van der Waals surface area contributed by atoms with Crippen molar-refractivity contribution in [3.05, 3.63) is 76.7 Å². The summed E-state index contributed by atoms with van der Waals surface area (Å²) in [4.78, 5) is 24.7. The first-order valence-electron chi connectivity index (χ1n) is 10.1. The minimum Gasteiger partial charge on any atom is -0.489 e. The van der Waals surface area contributed by atoms with E-state index in [1.165, 1.54) is 12.5 Å². The molecule has 1 aromatic heterocycles. The van der Waals surface area contributed by atoms with Crippen molar-refractivity contribution >= 4 is 17.6 Å². The van der Waals surface area contributed by atoms with Crippen LogP contribution in [-0.2, 0) is 22.6 Å². The lowest BCUT2D eigenvalue weighted by molar-refractivity contribution is -0.123. The Balaban J connectivity index is 1.52. The van der Waals surface area contributed by atoms with E-state index in [9.17, 15) is 9.59 Å². The van der Waals surface area contributed by atoms with Crippen LogP contribution >= 0.6 is 0 Å². The molecule has 0 radical (unpaired) electrons. The molecule has 31 heavy (non-hydrogen) atoms. The van der Waals surface area contributed by atoms with Gasteiger partial charge in [-0.3, -0.25) is 4.79 Å². The number of nitrogens with one attached hydrogen (secondary N) is 1. The first-order chi connectivity index (χ1) is 14.9. The van der Waals surface area contributed by atoms with Gasteiger partial charge in [-0.05, 0) is 69.2 Å². The van der Waals surface area contributed by atoms with E-state index in [1.807, 2.05) is 38.1 Å². The molecule has 0 saturated carbocycles. The molecule has 1 N–H and O–H groups in total. The van der Waals surface area contributed by atoms with Gasteiger partial charge < -0.3 is 19.3 Å². The number of esters is 1. The van der Waals surface area contributed by atoms with Gasteiger partial charge >= 0.3 is 5.97 Å². The van der Waals surface area contributed by atoms with Crippen molar-refractivity contribution in [2.75, 3.05) is 5.32 Å². The van der Waals surface area contributed by atoms with E-state index in [0.717, 1.165) is 17.7 Å². The number of carbonyl (C=O) groups is 2. The summed E-state index contributed by atoms with van der Waals surface area (Å²) in [6.07, 6.45) is -0.0138. The van der Waals surface area contributed by atoms with Gasteiger partial charge in [0, 0.05) is 5.69 Å². The molecule has 0 fully saturated rings. The first kappa shape index (κ1) is 22.1. The predicted octanol–water partition coefficient (Wildman–Crippen LogP) is 4.62. The second-order valence-corrected chi connectivity index (χ2v) is 7.20. The van der Waals surface area contributed by atoms with Crippen molar-refractivity contribution in [1.82, 2.24) is 5.16 Å². The maximum absolute atomic E-state index is 12.4. The van der Waals surface area contributed by atoms with Crippen molar-refractivity contribution in [3.63, 3.8) is 0 Å². The van der Waals surface area contributed by atoms with Gasteiger partial charge in [-0.25, -0.2) is 4.79 Å². The molecule has 0 saturated heterocycles. The quantitative estimate of drug-likeness (QED) is 0.533. The van der Waals surface area contributed by atoms with Crippen LogP contribution in [-0.4, -0.2) is 23.1 Å². The van der Waals surface area contributed by atoms with E-state index in [-0.39, 0.29) is 0 Å². The molecular formula is C24H26N2O5. The zero-order valence-corrected chi connectivity index (χ0v) is 18.1. The Morgan fingerprint density at radius 2 is 1.74 bits per heavy atom. The molecule has 0 unspecified atom stereocenters. The van der Waals surface area contributed by atoms with Crippen LogP contribution in [0.15, 0.2) is 53.1 Å². The lowest BCUT2D eigenvalue weighted by Gasteiger charge is -2.14. The molecule has 7 heteroatoms. The fraction of sp³-hybridized carbons (Fsp3) is 0.292. The molecule has 7 nitrogen and oxygen atoms in total. The third-order valence-electron chi connectivity index (χ3n) is 4.94. The lowest BCUT2D eigenvalue weighted by Crippen LogP contribution is -2.30. The number of amides is 1. The third-order valence-corrected chi connectivity index (χ3v) is 4.94. The summed E-state index contributed by atoms with van der Waals surface area (Å²) in [6, 6.07) is 14.1. The highest BCUT2D eigenvalue weighted by molar-refractivity contribution is 5.97. The molecule has 0 aliphatic carbocycles. The highest BCUT2D eigenvalue weighted by Crippen LogP contribution is 2.19.